The maximum atomic E-state index is 12.7. The SMILES string of the molecule is CCC1CCCCN1C(=O)c1cnc(Nc2cccc(C#N)c2)cn1. The molecule has 0 bridgehead atoms. The number of benzene rings is 1. The Hall–Kier alpha value is -2.94. The lowest BCUT2D eigenvalue weighted by atomic mass is 10.00. The van der Waals surface area contributed by atoms with Gasteiger partial charge >= 0.3 is 0 Å². The summed E-state index contributed by atoms with van der Waals surface area (Å²) in [6.45, 7) is 2.91. The molecule has 2 heterocycles. The molecule has 3 rings (SSSR count). The van der Waals surface area contributed by atoms with Crippen LogP contribution in [0.5, 0.6) is 0 Å². The molecule has 6 nitrogen and oxygen atoms in total. The first-order chi connectivity index (χ1) is 12.2. The maximum Gasteiger partial charge on any atom is 0.274 e. The van der Waals surface area contributed by atoms with Gasteiger partial charge < -0.3 is 10.2 Å². The fourth-order valence-electron chi connectivity index (χ4n) is 3.16. The molecule has 0 aliphatic carbocycles. The van der Waals surface area contributed by atoms with Gasteiger partial charge in [0.05, 0.1) is 24.0 Å². The van der Waals surface area contributed by atoms with Gasteiger partial charge in [0.15, 0.2) is 0 Å². The number of hydrogen-bond acceptors (Lipinski definition) is 5. The number of nitrogens with one attached hydrogen (secondary N) is 1. The number of nitriles is 1. The van der Waals surface area contributed by atoms with Gasteiger partial charge in [0.2, 0.25) is 0 Å². The van der Waals surface area contributed by atoms with Crippen LogP contribution in [0.15, 0.2) is 36.7 Å². The van der Waals surface area contributed by atoms with E-state index in [1.807, 2.05) is 11.0 Å². The third kappa shape index (κ3) is 3.94. The van der Waals surface area contributed by atoms with Crippen molar-refractivity contribution in [3.05, 3.63) is 47.9 Å². The monoisotopic (exact) mass is 335 g/mol. The van der Waals surface area contributed by atoms with E-state index in [4.69, 9.17) is 5.26 Å². The summed E-state index contributed by atoms with van der Waals surface area (Å²) in [6.07, 6.45) is 7.32. The standard InChI is InChI=1S/C19H21N5O/c1-2-16-8-3-4-9-24(16)19(25)17-12-22-18(13-21-17)23-15-7-5-6-14(10-15)11-20/h5-7,10,12-13,16H,2-4,8-9H2,1H3,(H,22,23). The number of piperidine rings is 1. The van der Waals surface area contributed by atoms with Crippen LogP contribution in [0.3, 0.4) is 0 Å². The molecule has 1 aromatic carbocycles. The molecule has 1 N–H and O–H groups in total. The summed E-state index contributed by atoms with van der Waals surface area (Å²) in [4.78, 5) is 23.2. The number of aromatic nitrogens is 2. The molecule has 128 valence electrons. The van der Waals surface area contributed by atoms with Gasteiger partial charge in [0.25, 0.3) is 5.91 Å². The van der Waals surface area contributed by atoms with E-state index in [1.54, 1.807) is 24.4 Å². The molecule has 6 heteroatoms. The first-order valence-electron chi connectivity index (χ1n) is 8.61. The summed E-state index contributed by atoms with van der Waals surface area (Å²) >= 11 is 0. The molecule has 1 atom stereocenters. The summed E-state index contributed by atoms with van der Waals surface area (Å²) in [5.41, 5.74) is 1.70. The number of carbonyl (C=O) groups excluding carboxylic acids is 1. The second-order valence-corrected chi connectivity index (χ2v) is 6.16. The lowest BCUT2D eigenvalue weighted by Crippen LogP contribution is -2.43. The van der Waals surface area contributed by atoms with Crippen molar-refractivity contribution in [1.29, 1.82) is 5.26 Å². The molecule has 0 radical (unpaired) electrons. The average Bonchev–Trinajstić information content (AvgIpc) is 2.68. The highest BCUT2D eigenvalue weighted by molar-refractivity contribution is 5.92. The molecule has 25 heavy (non-hydrogen) atoms. The molecule has 1 aromatic heterocycles. The molecule has 1 aliphatic heterocycles. The van der Waals surface area contributed by atoms with E-state index in [0.29, 0.717) is 23.1 Å². The van der Waals surface area contributed by atoms with Crippen LogP contribution in [0, 0.1) is 11.3 Å². The third-order valence-corrected chi connectivity index (χ3v) is 4.49. The minimum absolute atomic E-state index is 0.0444. The third-order valence-electron chi connectivity index (χ3n) is 4.49. The van der Waals surface area contributed by atoms with E-state index in [0.717, 1.165) is 31.5 Å². The van der Waals surface area contributed by atoms with Crippen molar-refractivity contribution in [1.82, 2.24) is 14.9 Å². The Morgan fingerprint density at radius 3 is 2.96 bits per heavy atom. The molecular formula is C19H21N5O. The zero-order valence-electron chi connectivity index (χ0n) is 14.3. The topological polar surface area (TPSA) is 81.9 Å². The van der Waals surface area contributed by atoms with E-state index in [9.17, 15) is 4.79 Å². The highest BCUT2D eigenvalue weighted by atomic mass is 16.2. The summed E-state index contributed by atoms with van der Waals surface area (Å²) in [6, 6.07) is 9.52. The summed E-state index contributed by atoms with van der Waals surface area (Å²) in [5, 5.41) is 12.0. The Bertz CT molecular complexity index is 781. The lowest BCUT2D eigenvalue weighted by Gasteiger charge is -2.34. The lowest BCUT2D eigenvalue weighted by molar-refractivity contribution is 0.0601. The van der Waals surface area contributed by atoms with Crippen molar-refractivity contribution in [3.8, 4) is 6.07 Å². The van der Waals surface area contributed by atoms with Crippen LogP contribution in [0.4, 0.5) is 11.5 Å². The van der Waals surface area contributed by atoms with Gasteiger partial charge in [0.1, 0.15) is 11.5 Å². The Kier molecular flexibility index (Phi) is 5.24. The smallest absolute Gasteiger partial charge is 0.274 e. The number of rotatable bonds is 4. The summed E-state index contributed by atoms with van der Waals surface area (Å²) in [5.74, 6) is 0.495. The fraction of sp³-hybridized carbons (Fsp3) is 0.368. The first kappa shape index (κ1) is 16.9. The highest BCUT2D eigenvalue weighted by Crippen LogP contribution is 2.21. The van der Waals surface area contributed by atoms with Crippen molar-refractivity contribution in [3.63, 3.8) is 0 Å². The van der Waals surface area contributed by atoms with Crippen LogP contribution in [0.1, 0.15) is 48.7 Å². The fourth-order valence-corrected chi connectivity index (χ4v) is 3.16. The largest absolute Gasteiger partial charge is 0.339 e. The highest BCUT2D eigenvalue weighted by Gasteiger charge is 2.27. The predicted octanol–water partition coefficient (Wildman–Crippen LogP) is 3.50. The zero-order valence-corrected chi connectivity index (χ0v) is 14.3. The predicted molar refractivity (Wildman–Crippen MR) is 95.4 cm³/mol. The van der Waals surface area contributed by atoms with Crippen molar-refractivity contribution >= 4 is 17.4 Å². The molecule has 1 saturated heterocycles. The van der Waals surface area contributed by atoms with Gasteiger partial charge in [-0.25, -0.2) is 9.97 Å². The van der Waals surface area contributed by atoms with E-state index >= 15 is 0 Å². The average molecular weight is 335 g/mol. The summed E-state index contributed by atoms with van der Waals surface area (Å²) in [7, 11) is 0. The molecule has 1 amide bonds. The summed E-state index contributed by atoms with van der Waals surface area (Å²) < 4.78 is 0. The minimum Gasteiger partial charge on any atom is -0.339 e. The Balaban J connectivity index is 1.71. The van der Waals surface area contributed by atoms with Crippen LogP contribution in [-0.4, -0.2) is 33.4 Å². The minimum atomic E-state index is -0.0444. The van der Waals surface area contributed by atoms with Gasteiger partial charge in [-0.3, -0.25) is 4.79 Å². The van der Waals surface area contributed by atoms with E-state index < -0.39 is 0 Å². The van der Waals surface area contributed by atoms with Crippen LogP contribution >= 0.6 is 0 Å². The van der Waals surface area contributed by atoms with Gasteiger partial charge in [-0.1, -0.05) is 13.0 Å². The number of carbonyl (C=O) groups is 1. The number of hydrogen-bond donors (Lipinski definition) is 1. The quantitative estimate of drug-likeness (QED) is 0.925. The number of amides is 1. The Morgan fingerprint density at radius 2 is 2.24 bits per heavy atom. The number of anilines is 2. The molecule has 0 spiro atoms. The van der Waals surface area contributed by atoms with E-state index in [-0.39, 0.29) is 5.91 Å². The van der Waals surface area contributed by atoms with Gasteiger partial charge in [-0.05, 0) is 43.9 Å². The van der Waals surface area contributed by atoms with Gasteiger partial charge in [0, 0.05) is 18.3 Å². The second kappa shape index (κ2) is 7.75. The van der Waals surface area contributed by atoms with E-state index in [2.05, 4.69) is 28.3 Å². The van der Waals surface area contributed by atoms with Crippen molar-refractivity contribution in [2.24, 2.45) is 0 Å². The Labute approximate surface area is 147 Å². The molecular weight excluding hydrogens is 314 g/mol. The maximum absolute atomic E-state index is 12.7. The second-order valence-electron chi connectivity index (χ2n) is 6.16. The number of likely N-dealkylation sites (tertiary alicyclic amines) is 1. The Morgan fingerprint density at radius 1 is 1.36 bits per heavy atom. The molecule has 1 aliphatic rings. The molecule has 1 unspecified atom stereocenters. The molecule has 2 aromatic rings. The number of nitrogens with zero attached hydrogens (tertiary/aromatic N) is 4. The van der Waals surface area contributed by atoms with Gasteiger partial charge in [-0.15, -0.1) is 0 Å². The van der Waals surface area contributed by atoms with Crippen molar-refractivity contribution in [2.45, 2.75) is 38.6 Å². The van der Waals surface area contributed by atoms with Gasteiger partial charge in [-0.2, -0.15) is 5.26 Å². The van der Waals surface area contributed by atoms with Crippen molar-refractivity contribution in [2.75, 3.05) is 11.9 Å². The molecule has 0 saturated carbocycles. The zero-order chi connectivity index (χ0) is 17.6. The van der Waals surface area contributed by atoms with Crippen LogP contribution in [0.2, 0.25) is 0 Å². The van der Waals surface area contributed by atoms with Crippen LogP contribution in [-0.2, 0) is 0 Å². The van der Waals surface area contributed by atoms with Crippen LogP contribution < -0.4 is 5.32 Å². The van der Waals surface area contributed by atoms with Crippen LogP contribution in [0.25, 0.3) is 0 Å². The van der Waals surface area contributed by atoms with E-state index in [1.165, 1.54) is 12.6 Å². The molecule has 1 fully saturated rings. The van der Waals surface area contributed by atoms with Crippen molar-refractivity contribution < 1.29 is 4.79 Å². The normalized spacial score (nSPS) is 17.0. The first-order valence-corrected chi connectivity index (χ1v) is 8.61.